The molecule has 0 saturated carbocycles. The Kier molecular flexibility index (Phi) is 3.69. The number of pyridine rings is 1. The Morgan fingerprint density at radius 3 is 2.80 bits per heavy atom. The van der Waals surface area contributed by atoms with Crippen LogP contribution in [0.2, 0.25) is 5.02 Å². The average Bonchev–Trinajstić information content (AvgIpc) is 3.09. The molecule has 0 bridgehead atoms. The molecular weight excluding hydrogens is 340 g/mol. The van der Waals surface area contributed by atoms with Gasteiger partial charge in [0.15, 0.2) is 0 Å². The highest BCUT2D eigenvalue weighted by Crippen LogP contribution is 2.29. The van der Waals surface area contributed by atoms with Crippen LogP contribution in [0.25, 0.3) is 16.6 Å². The van der Waals surface area contributed by atoms with Crippen molar-refractivity contribution in [3.8, 4) is 5.75 Å². The maximum atomic E-state index is 13.0. The monoisotopic (exact) mass is 354 g/mol. The van der Waals surface area contributed by atoms with E-state index >= 15 is 0 Å². The van der Waals surface area contributed by atoms with Gasteiger partial charge < -0.3 is 9.30 Å². The molecule has 0 amide bonds. The lowest BCUT2D eigenvalue weighted by molar-refractivity contribution is 0.415. The van der Waals surface area contributed by atoms with Gasteiger partial charge in [-0.1, -0.05) is 11.6 Å². The molecule has 0 atom stereocenters. The highest BCUT2D eigenvalue weighted by atomic mass is 35.5. The van der Waals surface area contributed by atoms with Gasteiger partial charge in [-0.3, -0.25) is 14.2 Å². The van der Waals surface area contributed by atoms with Gasteiger partial charge in [0.05, 0.1) is 42.2 Å². The molecule has 4 aromatic rings. The van der Waals surface area contributed by atoms with Crippen LogP contribution in [-0.2, 0) is 6.54 Å². The molecule has 6 nitrogen and oxygen atoms in total. The highest BCUT2D eigenvalue weighted by molar-refractivity contribution is 6.35. The molecule has 3 heterocycles. The summed E-state index contributed by atoms with van der Waals surface area (Å²) in [5.41, 5.74) is 3.77. The largest absolute Gasteiger partial charge is 0.497 e. The van der Waals surface area contributed by atoms with E-state index in [0.29, 0.717) is 28.4 Å². The second-order valence-corrected chi connectivity index (χ2v) is 6.23. The average molecular weight is 355 g/mol. The van der Waals surface area contributed by atoms with Gasteiger partial charge in [0.25, 0.3) is 5.56 Å². The lowest BCUT2D eigenvalue weighted by Crippen LogP contribution is -2.23. The molecule has 0 unspecified atom stereocenters. The Labute approximate surface area is 148 Å². The van der Waals surface area contributed by atoms with Crippen LogP contribution in [-0.4, -0.2) is 26.0 Å². The number of ether oxygens (including phenoxy) is 1. The SMILES string of the molecule is COc1cc(Cl)c2c(c1)n(Cc1cnccc1C)c(=O)c1cncn12. The second kappa shape index (κ2) is 5.89. The maximum Gasteiger partial charge on any atom is 0.277 e. The third kappa shape index (κ3) is 2.46. The summed E-state index contributed by atoms with van der Waals surface area (Å²) in [7, 11) is 1.57. The van der Waals surface area contributed by atoms with Gasteiger partial charge in [-0.25, -0.2) is 4.98 Å². The summed E-state index contributed by atoms with van der Waals surface area (Å²) >= 11 is 6.48. The Morgan fingerprint density at radius 2 is 2.04 bits per heavy atom. The zero-order chi connectivity index (χ0) is 17.6. The number of halogens is 1. The molecular formula is C18H15ClN4O2. The van der Waals surface area contributed by atoms with Crippen molar-refractivity contribution in [1.82, 2.24) is 18.9 Å². The number of hydrogen-bond donors (Lipinski definition) is 0. The number of benzene rings is 1. The number of nitrogens with zero attached hydrogens (tertiary/aromatic N) is 4. The number of aryl methyl sites for hydroxylation is 1. The van der Waals surface area contributed by atoms with Crippen molar-refractivity contribution in [2.45, 2.75) is 13.5 Å². The molecule has 126 valence electrons. The molecule has 1 aromatic carbocycles. The predicted molar refractivity (Wildman–Crippen MR) is 96.6 cm³/mol. The molecule has 0 aliphatic rings. The minimum absolute atomic E-state index is 0.141. The van der Waals surface area contributed by atoms with Gasteiger partial charge in [0, 0.05) is 24.5 Å². The predicted octanol–water partition coefficient (Wildman–Crippen LogP) is 3.06. The van der Waals surface area contributed by atoms with Crippen LogP contribution in [0.4, 0.5) is 0 Å². The van der Waals surface area contributed by atoms with Gasteiger partial charge >= 0.3 is 0 Å². The van der Waals surface area contributed by atoms with E-state index in [1.165, 1.54) is 0 Å². The van der Waals surface area contributed by atoms with E-state index in [9.17, 15) is 4.79 Å². The lowest BCUT2D eigenvalue weighted by Gasteiger charge is -2.15. The molecule has 25 heavy (non-hydrogen) atoms. The van der Waals surface area contributed by atoms with Crippen molar-refractivity contribution >= 4 is 28.2 Å². The van der Waals surface area contributed by atoms with Crippen molar-refractivity contribution in [3.63, 3.8) is 0 Å². The molecule has 4 rings (SSSR count). The normalized spacial score (nSPS) is 11.3. The standard InChI is InChI=1S/C18H15ClN4O2/c1-11-3-4-20-7-12(11)9-22-15-6-13(25-2)5-14(19)17(15)23-10-21-8-16(23)18(22)24/h3-8,10H,9H2,1-2H3. The molecule has 0 spiro atoms. The fraction of sp³-hybridized carbons (Fsp3) is 0.167. The van der Waals surface area contributed by atoms with Crippen LogP contribution in [0.1, 0.15) is 11.1 Å². The quantitative estimate of drug-likeness (QED) is 0.567. The molecule has 0 N–H and O–H groups in total. The molecule has 7 heteroatoms. The topological polar surface area (TPSA) is 61.4 Å². The fourth-order valence-corrected chi connectivity index (χ4v) is 3.29. The smallest absolute Gasteiger partial charge is 0.277 e. The van der Waals surface area contributed by atoms with Crippen LogP contribution in [0.3, 0.4) is 0 Å². The van der Waals surface area contributed by atoms with Gasteiger partial charge in [-0.2, -0.15) is 0 Å². The first kappa shape index (κ1) is 15.7. The minimum atomic E-state index is -0.141. The van der Waals surface area contributed by atoms with Crippen LogP contribution < -0.4 is 10.3 Å². The molecule has 0 aliphatic heterocycles. The van der Waals surface area contributed by atoms with Crippen molar-refractivity contribution in [1.29, 1.82) is 0 Å². The number of methoxy groups -OCH3 is 1. The van der Waals surface area contributed by atoms with Crippen LogP contribution in [0.15, 0.2) is 47.9 Å². The molecule has 0 saturated heterocycles. The van der Waals surface area contributed by atoms with Gasteiger partial charge in [-0.05, 0) is 24.1 Å². The summed E-state index contributed by atoms with van der Waals surface area (Å²) in [5.74, 6) is 0.591. The van der Waals surface area contributed by atoms with E-state index < -0.39 is 0 Å². The highest BCUT2D eigenvalue weighted by Gasteiger charge is 2.16. The van der Waals surface area contributed by atoms with E-state index in [2.05, 4.69) is 9.97 Å². The van der Waals surface area contributed by atoms with Gasteiger partial charge in [0.1, 0.15) is 11.3 Å². The Morgan fingerprint density at radius 1 is 1.20 bits per heavy atom. The number of aromatic nitrogens is 4. The second-order valence-electron chi connectivity index (χ2n) is 5.82. The van der Waals surface area contributed by atoms with Crippen molar-refractivity contribution < 1.29 is 4.74 Å². The summed E-state index contributed by atoms with van der Waals surface area (Å²) in [5, 5.41) is 0.494. The number of hydrogen-bond acceptors (Lipinski definition) is 4. The minimum Gasteiger partial charge on any atom is -0.497 e. The van der Waals surface area contributed by atoms with Crippen LogP contribution in [0.5, 0.6) is 5.75 Å². The summed E-state index contributed by atoms with van der Waals surface area (Å²) in [6, 6.07) is 5.47. The third-order valence-corrected chi connectivity index (χ3v) is 4.65. The number of fused-ring (bicyclic) bond motifs is 3. The first-order chi connectivity index (χ1) is 12.1. The van der Waals surface area contributed by atoms with Gasteiger partial charge in [0.2, 0.25) is 0 Å². The third-order valence-electron chi connectivity index (χ3n) is 4.36. The maximum absolute atomic E-state index is 13.0. The molecule has 0 aliphatic carbocycles. The first-order valence-electron chi connectivity index (χ1n) is 7.71. The van der Waals surface area contributed by atoms with Crippen molar-refractivity contribution in [2.75, 3.05) is 7.11 Å². The molecule has 3 aromatic heterocycles. The summed E-state index contributed by atoms with van der Waals surface area (Å²) in [6.07, 6.45) is 6.65. The zero-order valence-corrected chi connectivity index (χ0v) is 14.5. The van der Waals surface area contributed by atoms with Crippen molar-refractivity contribution in [2.24, 2.45) is 0 Å². The Bertz CT molecular complexity index is 1160. The summed E-state index contributed by atoms with van der Waals surface area (Å²) in [4.78, 5) is 21.3. The van der Waals surface area contributed by atoms with E-state index in [1.807, 2.05) is 19.1 Å². The van der Waals surface area contributed by atoms with E-state index in [-0.39, 0.29) is 5.56 Å². The van der Waals surface area contributed by atoms with E-state index in [0.717, 1.165) is 16.6 Å². The number of imidazole rings is 1. The summed E-state index contributed by atoms with van der Waals surface area (Å²) < 4.78 is 8.73. The lowest BCUT2D eigenvalue weighted by atomic mass is 10.1. The van der Waals surface area contributed by atoms with E-state index in [4.69, 9.17) is 16.3 Å². The summed E-state index contributed by atoms with van der Waals surface area (Å²) in [6.45, 7) is 2.38. The molecule has 0 radical (unpaired) electrons. The van der Waals surface area contributed by atoms with E-state index in [1.54, 1.807) is 47.1 Å². The fourth-order valence-electron chi connectivity index (χ4n) is 2.99. The number of rotatable bonds is 3. The first-order valence-corrected chi connectivity index (χ1v) is 8.09. The Hall–Kier alpha value is -2.86. The molecule has 0 fully saturated rings. The zero-order valence-electron chi connectivity index (χ0n) is 13.7. The van der Waals surface area contributed by atoms with Crippen LogP contribution >= 0.6 is 11.6 Å². The van der Waals surface area contributed by atoms with Gasteiger partial charge in [-0.15, -0.1) is 0 Å². The van der Waals surface area contributed by atoms with Crippen molar-refractivity contribution in [3.05, 3.63) is 69.6 Å². The van der Waals surface area contributed by atoms with Crippen LogP contribution in [0, 0.1) is 6.92 Å². The Balaban J connectivity index is 2.10.